The summed E-state index contributed by atoms with van der Waals surface area (Å²) in [6.07, 6.45) is 16.3. The summed E-state index contributed by atoms with van der Waals surface area (Å²) >= 11 is 0. The van der Waals surface area contributed by atoms with Crippen LogP contribution in [0, 0.1) is 5.92 Å². The van der Waals surface area contributed by atoms with E-state index < -0.39 is 18.2 Å². The number of benzene rings is 1. The van der Waals surface area contributed by atoms with Crippen LogP contribution in [-0.2, 0) is 19.1 Å². The molecule has 4 heteroatoms. The Morgan fingerprint density at radius 2 is 1.48 bits per heavy atom. The Morgan fingerprint density at radius 1 is 0.897 bits per heavy atom. The molecule has 1 atom stereocenters. The molecule has 158 valence electrons. The van der Waals surface area contributed by atoms with Gasteiger partial charge in [0.15, 0.2) is 0 Å². The molecule has 0 heterocycles. The fourth-order valence-corrected chi connectivity index (χ4v) is 2.04. The van der Waals surface area contributed by atoms with Gasteiger partial charge in [-0.05, 0) is 12.8 Å². The van der Waals surface area contributed by atoms with Crippen LogP contribution < -0.4 is 0 Å². The van der Waals surface area contributed by atoms with Gasteiger partial charge in [-0.1, -0.05) is 107 Å². The first-order valence-electron chi connectivity index (χ1n) is 9.64. The van der Waals surface area contributed by atoms with Gasteiger partial charge in [-0.15, -0.1) is 0 Å². The topological polar surface area (TPSA) is 52.6 Å². The summed E-state index contributed by atoms with van der Waals surface area (Å²) in [5, 5.41) is 0. The van der Waals surface area contributed by atoms with Crippen molar-refractivity contribution in [1.82, 2.24) is 0 Å². The number of carbonyl (C=O) groups is 2. The van der Waals surface area contributed by atoms with E-state index in [0.29, 0.717) is 12.0 Å². The lowest BCUT2D eigenvalue weighted by Gasteiger charge is -2.19. The second-order valence-electron chi connectivity index (χ2n) is 6.40. The van der Waals surface area contributed by atoms with Crippen molar-refractivity contribution in [2.45, 2.75) is 53.8 Å². The number of ether oxygens (including phenoxy) is 2. The molecule has 0 N–H and O–H groups in total. The quantitative estimate of drug-likeness (QED) is 0.243. The Labute approximate surface area is 175 Å². The molecule has 1 aromatic rings. The van der Waals surface area contributed by atoms with E-state index in [2.05, 4.69) is 13.0 Å². The highest BCUT2D eigenvalue weighted by Gasteiger charge is 2.22. The Balaban J connectivity index is 0.00000784. The first-order valence-corrected chi connectivity index (χ1v) is 9.64. The summed E-state index contributed by atoms with van der Waals surface area (Å²) < 4.78 is 10.7. The van der Waals surface area contributed by atoms with Crippen LogP contribution in [0.4, 0.5) is 0 Å². The third-order valence-corrected chi connectivity index (χ3v) is 3.58. The number of hydrogen-bond acceptors (Lipinski definition) is 4. The lowest BCUT2D eigenvalue weighted by Crippen LogP contribution is -2.20. The molecular weight excluding hydrogens is 364 g/mol. The first-order chi connectivity index (χ1) is 13.5. The smallest absolute Gasteiger partial charge is 0.311 e. The number of carbonyl (C=O) groups excluding carboxylic acids is 2. The van der Waals surface area contributed by atoms with Crippen molar-refractivity contribution in [1.29, 1.82) is 0 Å². The summed E-state index contributed by atoms with van der Waals surface area (Å²) in [7, 11) is 0. The van der Waals surface area contributed by atoms with Gasteiger partial charge < -0.3 is 9.47 Å². The normalized spacial score (nSPS) is 12.7. The van der Waals surface area contributed by atoms with E-state index in [4.69, 9.17) is 9.47 Å². The van der Waals surface area contributed by atoms with Crippen LogP contribution in [0.3, 0.4) is 0 Å². The van der Waals surface area contributed by atoms with Gasteiger partial charge in [0.25, 0.3) is 6.29 Å². The molecule has 1 rings (SSSR count). The number of allylic oxidation sites excluding steroid dienone is 8. The first kappa shape index (κ1) is 26.1. The molecule has 0 amide bonds. The van der Waals surface area contributed by atoms with Gasteiger partial charge in [0.05, 0.1) is 5.92 Å². The van der Waals surface area contributed by atoms with E-state index in [9.17, 15) is 9.59 Å². The average Bonchev–Trinajstić information content (AvgIpc) is 2.69. The molecule has 0 aliphatic carbocycles. The summed E-state index contributed by atoms with van der Waals surface area (Å²) in [5.74, 6) is -1.12. The molecule has 0 aliphatic rings. The van der Waals surface area contributed by atoms with Gasteiger partial charge in [-0.2, -0.15) is 0 Å². The predicted molar refractivity (Wildman–Crippen MR) is 119 cm³/mol. The van der Waals surface area contributed by atoms with Gasteiger partial charge in [-0.25, -0.2) is 0 Å². The monoisotopic (exact) mass is 398 g/mol. The summed E-state index contributed by atoms with van der Waals surface area (Å²) in [6.45, 7) is 5.56. The summed E-state index contributed by atoms with van der Waals surface area (Å²) in [6, 6.07) is 8.99. The van der Waals surface area contributed by atoms with Gasteiger partial charge in [0.1, 0.15) is 0 Å². The lowest BCUT2D eigenvalue weighted by molar-refractivity contribution is -0.192. The third kappa shape index (κ3) is 12.2. The van der Waals surface area contributed by atoms with E-state index in [1.165, 1.54) is 0 Å². The number of hydrogen-bond donors (Lipinski definition) is 0. The van der Waals surface area contributed by atoms with Crippen LogP contribution in [0.15, 0.2) is 78.9 Å². The Hall–Kier alpha value is -2.88. The fourth-order valence-electron chi connectivity index (χ4n) is 2.04. The number of esters is 2. The van der Waals surface area contributed by atoms with Crippen molar-refractivity contribution in [3.05, 3.63) is 84.5 Å². The molecule has 0 radical (unpaired) electrons. The van der Waals surface area contributed by atoms with Gasteiger partial charge in [0.2, 0.25) is 0 Å². The van der Waals surface area contributed by atoms with Crippen LogP contribution in [-0.4, -0.2) is 11.9 Å². The largest absolute Gasteiger partial charge is 0.421 e. The zero-order chi connectivity index (χ0) is 20.6. The second kappa shape index (κ2) is 16.1. The average molecular weight is 399 g/mol. The lowest BCUT2D eigenvalue weighted by atomic mass is 10.2. The molecule has 0 bridgehead atoms. The maximum atomic E-state index is 12.1. The maximum absolute atomic E-state index is 12.1. The maximum Gasteiger partial charge on any atom is 0.311 e. The Bertz CT molecular complexity index is 697. The molecule has 0 spiro atoms. The second-order valence-corrected chi connectivity index (χ2v) is 6.40. The van der Waals surface area contributed by atoms with Gasteiger partial charge in [0, 0.05) is 12.0 Å². The zero-order valence-corrected chi connectivity index (χ0v) is 16.9. The molecule has 4 nitrogen and oxygen atoms in total. The van der Waals surface area contributed by atoms with Crippen molar-refractivity contribution < 1.29 is 19.1 Å². The van der Waals surface area contributed by atoms with E-state index in [0.717, 1.165) is 6.42 Å². The van der Waals surface area contributed by atoms with E-state index in [1.807, 2.05) is 48.6 Å². The van der Waals surface area contributed by atoms with Crippen LogP contribution in [0.2, 0.25) is 0 Å². The molecule has 0 fully saturated rings. The van der Waals surface area contributed by atoms with E-state index in [1.54, 1.807) is 38.1 Å². The SMILES string of the molecule is C.CC/C=C/C=C/C=C/C=CCCC(=O)OC(OC(=O)C(C)C)c1ccccc1. The Kier molecular flexibility index (Phi) is 14.5. The standard InChI is InChI=1S/C24H30O4.CH4/c1-4-5-6-7-8-9-10-11-12-16-19-22(25)27-24(28-23(26)20(2)3)21-17-14-13-15-18-21;/h5-15,17-18,20,24H,4,16,19H2,1-3H3;1H4/b6-5+,8-7+,10-9+,12-11?;. The molecule has 1 unspecified atom stereocenters. The Morgan fingerprint density at radius 3 is 2.07 bits per heavy atom. The zero-order valence-electron chi connectivity index (χ0n) is 16.9. The minimum absolute atomic E-state index is 0. The number of rotatable bonds is 11. The molecule has 0 saturated heterocycles. The molecular formula is C25H34O4. The molecule has 0 saturated carbocycles. The van der Waals surface area contributed by atoms with E-state index in [-0.39, 0.29) is 19.8 Å². The van der Waals surface area contributed by atoms with Crippen molar-refractivity contribution in [3.8, 4) is 0 Å². The van der Waals surface area contributed by atoms with Crippen LogP contribution >= 0.6 is 0 Å². The van der Waals surface area contributed by atoms with Crippen molar-refractivity contribution in [2.75, 3.05) is 0 Å². The minimum Gasteiger partial charge on any atom is -0.421 e. The highest BCUT2D eigenvalue weighted by molar-refractivity contribution is 5.73. The fraction of sp³-hybridized carbons (Fsp3) is 0.360. The predicted octanol–water partition coefficient (Wildman–Crippen LogP) is 6.48. The minimum atomic E-state index is -1.02. The molecule has 0 aliphatic heterocycles. The summed E-state index contributed by atoms with van der Waals surface area (Å²) in [5.41, 5.74) is 0.632. The van der Waals surface area contributed by atoms with Crippen molar-refractivity contribution >= 4 is 11.9 Å². The van der Waals surface area contributed by atoms with Crippen molar-refractivity contribution in [2.24, 2.45) is 5.92 Å². The third-order valence-electron chi connectivity index (χ3n) is 3.58. The van der Waals surface area contributed by atoms with Crippen LogP contribution in [0.25, 0.3) is 0 Å². The van der Waals surface area contributed by atoms with Gasteiger partial charge in [-0.3, -0.25) is 9.59 Å². The summed E-state index contributed by atoms with van der Waals surface area (Å²) in [4.78, 5) is 24.0. The van der Waals surface area contributed by atoms with E-state index >= 15 is 0 Å². The highest BCUT2D eigenvalue weighted by Crippen LogP contribution is 2.21. The van der Waals surface area contributed by atoms with Crippen LogP contribution in [0.1, 0.15) is 59.3 Å². The molecule has 1 aromatic carbocycles. The molecule has 0 aromatic heterocycles. The molecule has 29 heavy (non-hydrogen) atoms. The van der Waals surface area contributed by atoms with Gasteiger partial charge >= 0.3 is 11.9 Å². The van der Waals surface area contributed by atoms with Crippen molar-refractivity contribution in [3.63, 3.8) is 0 Å². The van der Waals surface area contributed by atoms with Crippen LogP contribution in [0.5, 0.6) is 0 Å². The highest BCUT2D eigenvalue weighted by atomic mass is 16.7.